The van der Waals surface area contributed by atoms with Gasteiger partial charge in [-0.3, -0.25) is 4.79 Å². The smallest absolute Gasteiger partial charge is 0.137 e. The van der Waals surface area contributed by atoms with Crippen molar-refractivity contribution in [3.8, 4) is 0 Å². The zero-order valence-electron chi connectivity index (χ0n) is 7.24. The standard InChI is InChI=1S/C11H11BrO/c12-8-2-4-5-3-9(13)11-7(5)1-6(4)10(8)11/h2,4-7,10-11H,1,3H2/t4-,5+,6-,7+,10+,11+/m0/s1. The van der Waals surface area contributed by atoms with Gasteiger partial charge in [-0.1, -0.05) is 22.0 Å². The number of allylic oxidation sites excluding steroid dienone is 2. The summed E-state index contributed by atoms with van der Waals surface area (Å²) in [6.45, 7) is 0. The lowest BCUT2D eigenvalue weighted by atomic mass is 9.79. The number of carbonyl (C=O) groups excluding carboxylic acids is 1. The Hall–Kier alpha value is -0.110. The highest BCUT2D eigenvalue weighted by molar-refractivity contribution is 9.11. The van der Waals surface area contributed by atoms with Crippen molar-refractivity contribution in [2.75, 3.05) is 0 Å². The summed E-state index contributed by atoms with van der Waals surface area (Å²) in [5, 5.41) is 0. The fourth-order valence-corrected chi connectivity index (χ4v) is 5.52. The fourth-order valence-electron chi connectivity index (χ4n) is 4.59. The normalized spacial score (nSPS) is 60.7. The highest BCUT2D eigenvalue weighted by Gasteiger charge is 2.66. The summed E-state index contributed by atoms with van der Waals surface area (Å²) < 4.78 is 1.35. The van der Waals surface area contributed by atoms with E-state index in [4.69, 9.17) is 0 Å². The first-order chi connectivity index (χ1) is 6.27. The number of hydrogen-bond donors (Lipinski definition) is 0. The second-order valence-corrected chi connectivity index (χ2v) is 5.99. The van der Waals surface area contributed by atoms with Crippen molar-refractivity contribution in [1.29, 1.82) is 0 Å². The third kappa shape index (κ3) is 0.604. The molecule has 4 rings (SSSR count). The number of halogens is 1. The average Bonchev–Trinajstić information content (AvgIpc) is 2.67. The molecule has 68 valence electrons. The van der Waals surface area contributed by atoms with Gasteiger partial charge in [0.25, 0.3) is 0 Å². The van der Waals surface area contributed by atoms with E-state index < -0.39 is 0 Å². The largest absolute Gasteiger partial charge is 0.299 e. The van der Waals surface area contributed by atoms with Crippen molar-refractivity contribution in [2.45, 2.75) is 12.8 Å². The van der Waals surface area contributed by atoms with Crippen LogP contribution < -0.4 is 0 Å². The van der Waals surface area contributed by atoms with E-state index in [0.29, 0.717) is 17.6 Å². The number of carbonyl (C=O) groups is 1. The quantitative estimate of drug-likeness (QED) is 0.634. The van der Waals surface area contributed by atoms with Gasteiger partial charge in [-0.25, -0.2) is 0 Å². The number of fused-ring (bicyclic) bond motifs is 2. The molecule has 4 aliphatic carbocycles. The summed E-state index contributed by atoms with van der Waals surface area (Å²) >= 11 is 3.65. The minimum absolute atomic E-state index is 0.416. The molecule has 0 N–H and O–H groups in total. The van der Waals surface area contributed by atoms with Crippen molar-refractivity contribution in [1.82, 2.24) is 0 Å². The summed E-state index contributed by atoms with van der Waals surface area (Å²) in [7, 11) is 0. The van der Waals surface area contributed by atoms with Gasteiger partial charge in [0.05, 0.1) is 0 Å². The van der Waals surface area contributed by atoms with Crippen LogP contribution in [0.25, 0.3) is 0 Å². The Kier molecular flexibility index (Phi) is 1.08. The van der Waals surface area contributed by atoms with E-state index in [1.807, 2.05) is 0 Å². The molecule has 0 spiro atoms. The molecular weight excluding hydrogens is 228 g/mol. The maximum Gasteiger partial charge on any atom is 0.137 e. The molecule has 0 amide bonds. The highest BCUT2D eigenvalue weighted by Crippen LogP contribution is 2.69. The Morgan fingerprint density at radius 2 is 2.08 bits per heavy atom. The Morgan fingerprint density at radius 1 is 1.23 bits per heavy atom. The Balaban J connectivity index is 1.96. The van der Waals surface area contributed by atoms with Crippen LogP contribution in [0.15, 0.2) is 10.6 Å². The molecule has 0 aromatic rings. The molecule has 13 heavy (non-hydrogen) atoms. The van der Waals surface area contributed by atoms with Gasteiger partial charge in [-0.05, 0) is 34.6 Å². The van der Waals surface area contributed by atoms with E-state index in [1.165, 1.54) is 10.9 Å². The van der Waals surface area contributed by atoms with Gasteiger partial charge in [-0.15, -0.1) is 0 Å². The average molecular weight is 239 g/mol. The first-order valence-corrected chi connectivity index (χ1v) is 5.96. The molecule has 0 aliphatic heterocycles. The number of hydrogen-bond acceptors (Lipinski definition) is 1. The molecule has 2 heteroatoms. The second kappa shape index (κ2) is 1.95. The molecule has 0 aromatic carbocycles. The summed E-state index contributed by atoms with van der Waals surface area (Å²) in [5.74, 6) is 4.66. The lowest BCUT2D eigenvalue weighted by Gasteiger charge is -2.25. The number of ketones is 1. The van der Waals surface area contributed by atoms with Crippen molar-refractivity contribution in [3.05, 3.63) is 10.6 Å². The summed E-state index contributed by atoms with van der Waals surface area (Å²) in [6, 6.07) is 0. The molecule has 3 saturated carbocycles. The van der Waals surface area contributed by atoms with Crippen LogP contribution in [-0.4, -0.2) is 5.78 Å². The van der Waals surface area contributed by atoms with Gasteiger partial charge in [0, 0.05) is 18.3 Å². The van der Waals surface area contributed by atoms with Gasteiger partial charge < -0.3 is 0 Å². The monoisotopic (exact) mass is 238 g/mol. The lowest BCUT2D eigenvalue weighted by Crippen LogP contribution is -2.24. The van der Waals surface area contributed by atoms with Crippen LogP contribution in [0.1, 0.15) is 12.8 Å². The van der Waals surface area contributed by atoms with E-state index in [2.05, 4.69) is 22.0 Å². The molecule has 6 atom stereocenters. The summed E-state index contributed by atoms with van der Waals surface area (Å²) in [4.78, 5) is 11.8. The van der Waals surface area contributed by atoms with Crippen molar-refractivity contribution >= 4 is 21.7 Å². The fraction of sp³-hybridized carbons (Fsp3) is 0.727. The van der Waals surface area contributed by atoms with Gasteiger partial charge in [0.15, 0.2) is 0 Å². The summed E-state index contributed by atoms with van der Waals surface area (Å²) in [5.41, 5.74) is 0. The van der Waals surface area contributed by atoms with E-state index >= 15 is 0 Å². The minimum atomic E-state index is 0.416. The molecule has 0 radical (unpaired) electrons. The first kappa shape index (κ1) is 7.22. The van der Waals surface area contributed by atoms with Crippen LogP contribution in [0, 0.1) is 35.5 Å². The SMILES string of the molecule is O=C1C[C@@H]2[C@@H]3C=C(Br)[C@H]4[C@H]3C[C@H]2[C@H]14. The molecule has 0 aromatic heterocycles. The van der Waals surface area contributed by atoms with E-state index in [-0.39, 0.29) is 0 Å². The Bertz CT molecular complexity index is 346. The zero-order chi connectivity index (χ0) is 8.74. The topological polar surface area (TPSA) is 17.1 Å². The predicted molar refractivity (Wildman–Crippen MR) is 52.2 cm³/mol. The van der Waals surface area contributed by atoms with E-state index in [1.54, 1.807) is 0 Å². The van der Waals surface area contributed by atoms with E-state index in [9.17, 15) is 4.79 Å². The molecule has 2 bridgehead atoms. The van der Waals surface area contributed by atoms with Crippen LogP contribution in [0.4, 0.5) is 0 Å². The molecule has 1 nitrogen and oxygen atoms in total. The first-order valence-electron chi connectivity index (χ1n) is 5.17. The predicted octanol–water partition coefficient (Wildman–Crippen LogP) is 2.37. The van der Waals surface area contributed by atoms with Crippen LogP contribution in [0.3, 0.4) is 0 Å². The Labute approximate surface area is 85.7 Å². The van der Waals surface area contributed by atoms with Crippen molar-refractivity contribution < 1.29 is 4.79 Å². The van der Waals surface area contributed by atoms with Gasteiger partial charge >= 0.3 is 0 Å². The molecule has 3 fully saturated rings. The number of Topliss-reactive ketones (excluding diaryl/α,β-unsaturated/α-hetero) is 1. The molecule has 0 saturated heterocycles. The minimum Gasteiger partial charge on any atom is -0.299 e. The molecular formula is C11H11BrO. The van der Waals surface area contributed by atoms with Crippen molar-refractivity contribution in [2.24, 2.45) is 35.5 Å². The van der Waals surface area contributed by atoms with Crippen molar-refractivity contribution in [3.63, 3.8) is 0 Å². The highest BCUT2D eigenvalue weighted by atomic mass is 79.9. The third-order valence-electron chi connectivity index (χ3n) is 4.87. The molecule has 4 aliphatic rings. The van der Waals surface area contributed by atoms with Gasteiger partial charge in [0.2, 0.25) is 0 Å². The van der Waals surface area contributed by atoms with Gasteiger partial charge in [0.1, 0.15) is 5.78 Å². The third-order valence-corrected chi connectivity index (χ3v) is 5.66. The maximum absolute atomic E-state index is 11.8. The molecule has 0 unspecified atom stereocenters. The Morgan fingerprint density at radius 3 is 2.92 bits per heavy atom. The number of rotatable bonds is 0. The molecule has 0 heterocycles. The lowest BCUT2D eigenvalue weighted by molar-refractivity contribution is -0.121. The van der Waals surface area contributed by atoms with Crippen LogP contribution >= 0.6 is 15.9 Å². The van der Waals surface area contributed by atoms with Crippen LogP contribution in [0.2, 0.25) is 0 Å². The van der Waals surface area contributed by atoms with Crippen LogP contribution in [0.5, 0.6) is 0 Å². The maximum atomic E-state index is 11.8. The zero-order valence-corrected chi connectivity index (χ0v) is 8.83. The van der Waals surface area contributed by atoms with Gasteiger partial charge in [-0.2, -0.15) is 0 Å². The van der Waals surface area contributed by atoms with Crippen LogP contribution in [-0.2, 0) is 4.79 Å². The second-order valence-electron chi connectivity index (χ2n) is 5.08. The summed E-state index contributed by atoms with van der Waals surface area (Å²) in [6.07, 6.45) is 4.64. The van der Waals surface area contributed by atoms with E-state index in [0.717, 1.165) is 30.1 Å².